The van der Waals surface area contributed by atoms with Crippen LogP contribution in [0.3, 0.4) is 0 Å². The number of benzene rings is 2. The van der Waals surface area contributed by atoms with Gasteiger partial charge < -0.3 is 5.32 Å². The van der Waals surface area contributed by atoms with E-state index >= 15 is 0 Å². The van der Waals surface area contributed by atoms with Crippen LogP contribution in [0.5, 0.6) is 0 Å². The topological polar surface area (TPSA) is 84.3 Å². The number of nitrogens with one attached hydrogen (secondary N) is 1. The van der Waals surface area contributed by atoms with Crippen molar-refractivity contribution in [2.75, 3.05) is 16.7 Å². The average Bonchev–Trinajstić information content (AvgIpc) is 3.06. The summed E-state index contributed by atoms with van der Waals surface area (Å²) in [6.45, 7) is 1.94. The SMILES string of the molecule is Cc1cnn(CC(=O)Nc2cccc(S(=O)(=O)N(C)c3ccccc3)c2)c1. The summed E-state index contributed by atoms with van der Waals surface area (Å²) in [6, 6.07) is 15.0. The van der Waals surface area contributed by atoms with Gasteiger partial charge >= 0.3 is 0 Å². The minimum Gasteiger partial charge on any atom is -0.324 e. The lowest BCUT2D eigenvalue weighted by molar-refractivity contribution is -0.116. The number of rotatable bonds is 6. The Hall–Kier alpha value is -3.13. The molecule has 1 aromatic heterocycles. The zero-order valence-electron chi connectivity index (χ0n) is 15.0. The van der Waals surface area contributed by atoms with E-state index in [1.807, 2.05) is 13.0 Å². The van der Waals surface area contributed by atoms with Crippen molar-refractivity contribution >= 4 is 27.3 Å². The first kappa shape index (κ1) is 18.7. The molecule has 2 aromatic carbocycles. The molecule has 0 aliphatic carbocycles. The fraction of sp³-hybridized carbons (Fsp3) is 0.158. The van der Waals surface area contributed by atoms with Crippen LogP contribution in [0.4, 0.5) is 11.4 Å². The average molecular weight is 384 g/mol. The third kappa shape index (κ3) is 4.35. The van der Waals surface area contributed by atoms with Gasteiger partial charge in [0, 0.05) is 18.9 Å². The molecule has 27 heavy (non-hydrogen) atoms. The van der Waals surface area contributed by atoms with Crippen LogP contribution in [0.25, 0.3) is 0 Å². The van der Waals surface area contributed by atoms with Gasteiger partial charge in [0.15, 0.2) is 0 Å². The Morgan fingerprint density at radius 1 is 1.15 bits per heavy atom. The number of aromatic nitrogens is 2. The summed E-state index contributed by atoms with van der Waals surface area (Å²) in [5.41, 5.74) is 1.92. The van der Waals surface area contributed by atoms with Crippen molar-refractivity contribution in [2.45, 2.75) is 18.4 Å². The van der Waals surface area contributed by atoms with E-state index in [1.54, 1.807) is 48.8 Å². The van der Waals surface area contributed by atoms with Crippen LogP contribution < -0.4 is 9.62 Å². The fourth-order valence-electron chi connectivity index (χ4n) is 2.57. The Balaban J connectivity index is 1.77. The summed E-state index contributed by atoms with van der Waals surface area (Å²) in [6.07, 6.45) is 3.43. The first-order chi connectivity index (χ1) is 12.9. The second-order valence-corrected chi connectivity index (χ2v) is 8.07. The maximum atomic E-state index is 12.9. The van der Waals surface area contributed by atoms with E-state index in [0.29, 0.717) is 11.4 Å². The van der Waals surface area contributed by atoms with Crippen LogP contribution in [0.1, 0.15) is 5.56 Å². The number of carbonyl (C=O) groups is 1. The molecule has 0 bridgehead atoms. The number of hydrogen-bond donors (Lipinski definition) is 1. The lowest BCUT2D eigenvalue weighted by Crippen LogP contribution is -2.26. The van der Waals surface area contributed by atoms with E-state index in [2.05, 4.69) is 10.4 Å². The molecule has 0 unspecified atom stereocenters. The van der Waals surface area contributed by atoms with Crippen LogP contribution in [-0.4, -0.2) is 31.2 Å². The third-order valence-electron chi connectivity index (χ3n) is 3.96. The molecular weight excluding hydrogens is 364 g/mol. The summed E-state index contributed by atoms with van der Waals surface area (Å²) in [4.78, 5) is 12.3. The standard InChI is InChI=1S/C19H20N4O3S/c1-15-12-20-23(13-15)14-19(24)21-16-7-6-10-18(11-16)27(25,26)22(2)17-8-4-3-5-9-17/h3-13H,14H2,1-2H3,(H,21,24). The predicted octanol–water partition coefficient (Wildman–Crippen LogP) is 2.66. The number of para-hydroxylation sites is 1. The molecule has 3 aromatic rings. The third-order valence-corrected chi connectivity index (χ3v) is 5.75. The van der Waals surface area contributed by atoms with E-state index in [4.69, 9.17) is 0 Å². The van der Waals surface area contributed by atoms with Gasteiger partial charge in [-0.05, 0) is 42.8 Å². The molecule has 0 atom stereocenters. The van der Waals surface area contributed by atoms with Gasteiger partial charge in [-0.2, -0.15) is 5.10 Å². The molecule has 0 saturated carbocycles. The first-order valence-electron chi connectivity index (χ1n) is 8.29. The molecule has 1 heterocycles. The maximum absolute atomic E-state index is 12.9. The summed E-state index contributed by atoms with van der Waals surface area (Å²) >= 11 is 0. The number of aryl methyl sites for hydroxylation is 1. The van der Waals surface area contributed by atoms with Crippen molar-refractivity contribution < 1.29 is 13.2 Å². The van der Waals surface area contributed by atoms with E-state index in [-0.39, 0.29) is 17.3 Å². The van der Waals surface area contributed by atoms with Gasteiger partial charge in [0.2, 0.25) is 5.91 Å². The number of amides is 1. The summed E-state index contributed by atoms with van der Waals surface area (Å²) in [5.74, 6) is -0.288. The van der Waals surface area contributed by atoms with Crippen LogP contribution >= 0.6 is 0 Å². The molecule has 0 spiro atoms. The van der Waals surface area contributed by atoms with E-state index < -0.39 is 10.0 Å². The molecule has 1 N–H and O–H groups in total. The van der Waals surface area contributed by atoms with E-state index in [1.165, 1.54) is 28.2 Å². The molecule has 1 amide bonds. The molecule has 0 saturated heterocycles. The van der Waals surface area contributed by atoms with Gasteiger partial charge in [-0.25, -0.2) is 8.42 Å². The van der Waals surface area contributed by atoms with E-state index in [9.17, 15) is 13.2 Å². The number of carbonyl (C=O) groups excluding carboxylic acids is 1. The van der Waals surface area contributed by atoms with Crippen molar-refractivity contribution in [1.29, 1.82) is 0 Å². The number of nitrogens with zero attached hydrogens (tertiary/aromatic N) is 3. The van der Waals surface area contributed by atoms with Gasteiger partial charge in [0.25, 0.3) is 10.0 Å². The molecule has 0 aliphatic heterocycles. The summed E-state index contributed by atoms with van der Waals surface area (Å²) in [7, 11) is -2.25. The van der Waals surface area contributed by atoms with Crippen LogP contribution in [0, 0.1) is 6.92 Å². The second kappa shape index (κ2) is 7.63. The molecule has 8 heteroatoms. The van der Waals surface area contributed by atoms with Crippen molar-refractivity contribution in [3.63, 3.8) is 0 Å². The fourth-order valence-corrected chi connectivity index (χ4v) is 3.81. The minimum absolute atomic E-state index is 0.0503. The summed E-state index contributed by atoms with van der Waals surface area (Å²) in [5, 5.41) is 6.77. The quantitative estimate of drug-likeness (QED) is 0.708. The highest BCUT2D eigenvalue weighted by Gasteiger charge is 2.21. The number of sulfonamides is 1. The smallest absolute Gasteiger partial charge is 0.264 e. The molecule has 3 rings (SSSR count). The van der Waals surface area contributed by atoms with Crippen molar-refractivity contribution in [3.05, 3.63) is 72.6 Å². The lowest BCUT2D eigenvalue weighted by atomic mass is 10.3. The van der Waals surface area contributed by atoms with Crippen molar-refractivity contribution in [1.82, 2.24) is 9.78 Å². The lowest BCUT2D eigenvalue weighted by Gasteiger charge is -2.19. The largest absolute Gasteiger partial charge is 0.324 e. The molecule has 0 fully saturated rings. The number of hydrogen-bond acceptors (Lipinski definition) is 4. The molecule has 0 aliphatic rings. The van der Waals surface area contributed by atoms with Gasteiger partial charge in [0.05, 0.1) is 16.8 Å². The zero-order chi connectivity index (χ0) is 19.4. The highest BCUT2D eigenvalue weighted by molar-refractivity contribution is 7.92. The maximum Gasteiger partial charge on any atom is 0.264 e. The van der Waals surface area contributed by atoms with Crippen molar-refractivity contribution in [3.8, 4) is 0 Å². The van der Waals surface area contributed by atoms with Crippen LogP contribution in [0.15, 0.2) is 71.9 Å². The number of anilines is 2. The Labute approximate surface area is 158 Å². The van der Waals surface area contributed by atoms with E-state index in [0.717, 1.165) is 5.56 Å². The Bertz CT molecular complexity index is 1050. The molecule has 7 nitrogen and oxygen atoms in total. The minimum atomic E-state index is -3.74. The van der Waals surface area contributed by atoms with Crippen LogP contribution in [-0.2, 0) is 21.4 Å². The Kier molecular flexibility index (Phi) is 5.27. The Morgan fingerprint density at radius 2 is 1.89 bits per heavy atom. The van der Waals surface area contributed by atoms with Crippen molar-refractivity contribution in [2.24, 2.45) is 0 Å². The summed E-state index contributed by atoms with van der Waals surface area (Å²) < 4.78 is 28.5. The van der Waals surface area contributed by atoms with Gasteiger partial charge in [-0.15, -0.1) is 0 Å². The van der Waals surface area contributed by atoms with Crippen LogP contribution in [0.2, 0.25) is 0 Å². The normalized spacial score (nSPS) is 11.2. The molecule has 0 radical (unpaired) electrons. The predicted molar refractivity (Wildman–Crippen MR) is 104 cm³/mol. The second-order valence-electron chi connectivity index (χ2n) is 6.10. The monoisotopic (exact) mass is 384 g/mol. The molecule has 140 valence electrons. The zero-order valence-corrected chi connectivity index (χ0v) is 15.8. The first-order valence-corrected chi connectivity index (χ1v) is 9.73. The molecular formula is C19H20N4O3S. The highest BCUT2D eigenvalue weighted by Crippen LogP contribution is 2.23. The van der Waals surface area contributed by atoms with Gasteiger partial charge in [-0.3, -0.25) is 13.8 Å². The highest BCUT2D eigenvalue weighted by atomic mass is 32.2. The van der Waals surface area contributed by atoms with Gasteiger partial charge in [0.1, 0.15) is 6.54 Å². The van der Waals surface area contributed by atoms with Gasteiger partial charge in [-0.1, -0.05) is 24.3 Å². The Morgan fingerprint density at radius 3 is 2.56 bits per heavy atom.